The number of aromatic nitrogens is 1. The van der Waals surface area contributed by atoms with Gasteiger partial charge in [0.25, 0.3) is 0 Å². The lowest BCUT2D eigenvalue weighted by Crippen LogP contribution is -2.07. The Morgan fingerprint density at radius 3 is 3.00 bits per heavy atom. The van der Waals surface area contributed by atoms with Crippen molar-refractivity contribution in [3.05, 3.63) is 35.3 Å². The molecule has 0 saturated carbocycles. The lowest BCUT2D eigenvalue weighted by Gasteiger charge is -2.09. The Bertz CT molecular complexity index is 523. The van der Waals surface area contributed by atoms with Crippen LogP contribution in [-0.4, -0.2) is 17.6 Å². The SMILES string of the molecule is CCOC(=O)c1cccc(N)c1-c1nccs1. The van der Waals surface area contributed by atoms with Crippen molar-refractivity contribution in [2.75, 3.05) is 12.3 Å². The van der Waals surface area contributed by atoms with Crippen molar-refractivity contribution < 1.29 is 9.53 Å². The quantitative estimate of drug-likeness (QED) is 0.669. The largest absolute Gasteiger partial charge is 0.462 e. The van der Waals surface area contributed by atoms with E-state index in [-0.39, 0.29) is 5.97 Å². The van der Waals surface area contributed by atoms with Crippen molar-refractivity contribution >= 4 is 23.0 Å². The second-order valence-electron chi connectivity index (χ2n) is 3.33. The summed E-state index contributed by atoms with van der Waals surface area (Å²) in [6, 6.07) is 5.18. The molecule has 2 N–H and O–H groups in total. The molecule has 0 bridgehead atoms. The number of hydrogen-bond acceptors (Lipinski definition) is 5. The fourth-order valence-electron chi connectivity index (χ4n) is 1.53. The molecular formula is C12H12N2O2S. The zero-order valence-electron chi connectivity index (χ0n) is 9.34. The number of carbonyl (C=O) groups excluding carboxylic acids is 1. The summed E-state index contributed by atoms with van der Waals surface area (Å²) in [7, 11) is 0. The Labute approximate surface area is 103 Å². The van der Waals surface area contributed by atoms with E-state index in [2.05, 4.69) is 4.98 Å². The van der Waals surface area contributed by atoms with Crippen LogP contribution < -0.4 is 5.73 Å². The number of esters is 1. The molecule has 2 aromatic rings. The average molecular weight is 248 g/mol. The maximum absolute atomic E-state index is 11.8. The standard InChI is InChI=1S/C12H12N2O2S/c1-2-16-12(15)8-4-3-5-9(13)10(8)11-14-6-7-17-11/h3-7H,2,13H2,1H3. The Morgan fingerprint density at radius 2 is 2.35 bits per heavy atom. The fourth-order valence-corrected chi connectivity index (χ4v) is 2.25. The zero-order chi connectivity index (χ0) is 12.3. The molecule has 1 aromatic carbocycles. The molecule has 0 aliphatic carbocycles. The van der Waals surface area contributed by atoms with Gasteiger partial charge in [0.05, 0.1) is 12.2 Å². The Hall–Kier alpha value is -1.88. The van der Waals surface area contributed by atoms with Crippen LogP contribution in [0.4, 0.5) is 5.69 Å². The highest BCUT2D eigenvalue weighted by molar-refractivity contribution is 7.13. The van der Waals surface area contributed by atoms with Crippen molar-refractivity contribution in [2.45, 2.75) is 6.92 Å². The van der Waals surface area contributed by atoms with E-state index >= 15 is 0 Å². The first kappa shape index (κ1) is 11.6. The molecule has 0 saturated heterocycles. The third-order valence-corrected chi connectivity index (χ3v) is 3.03. The number of thiazole rings is 1. The van der Waals surface area contributed by atoms with Crippen LogP contribution in [0.2, 0.25) is 0 Å². The summed E-state index contributed by atoms with van der Waals surface area (Å²) in [5.74, 6) is -0.370. The summed E-state index contributed by atoms with van der Waals surface area (Å²) < 4.78 is 5.00. The van der Waals surface area contributed by atoms with Crippen LogP contribution in [0.5, 0.6) is 0 Å². The van der Waals surface area contributed by atoms with Crippen molar-refractivity contribution in [3.8, 4) is 10.6 Å². The van der Waals surface area contributed by atoms with Gasteiger partial charge in [-0.2, -0.15) is 0 Å². The van der Waals surface area contributed by atoms with Gasteiger partial charge in [-0.05, 0) is 19.1 Å². The number of ether oxygens (including phenoxy) is 1. The summed E-state index contributed by atoms with van der Waals surface area (Å²) >= 11 is 1.44. The number of rotatable bonds is 3. The maximum Gasteiger partial charge on any atom is 0.338 e. The minimum Gasteiger partial charge on any atom is -0.462 e. The molecule has 5 heteroatoms. The van der Waals surface area contributed by atoms with Gasteiger partial charge in [0.2, 0.25) is 0 Å². The van der Waals surface area contributed by atoms with Gasteiger partial charge in [0, 0.05) is 22.8 Å². The topological polar surface area (TPSA) is 65.2 Å². The normalized spacial score (nSPS) is 10.2. The minimum absolute atomic E-state index is 0.338. The second-order valence-corrected chi connectivity index (χ2v) is 4.22. The first-order valence-corrected chi connectivity index (χ1v) is 6.07. The maximum atomic E-state index is 11.8. The molecule has 1 aromatic heterocycles. The van der Waals surface area contributed by atoms with Crippen molar-refractivity contribution in [1.82, 2.24) is 4.98 Å². The lowest BCUT2D eigenvalue weighted by atomic mass is 10.1. The molecule has 0 spiro atoms. The van der Waals surface area contributed by atoms with Gasteiger partial charge in [-0.3, -0.25) is 0 Å². The van der Waals surface area contributed by atoms with Gasteiger partial charge in [0.1, 0.15) is 5.01 Å². The molecule has 4 nitrogen and oxygen atoms in total. The number of benzene rings is 1. The number of hydrogen-bond donors (Lipinski definition) is 1. The highest BCUT2D eigenvalue weighted by Gasteiger charge is 2.17. The smallest absolute Gasteiger partial charge is 0.338 e. The number of nitrogens with zero attached hydrogens (tertiary/aromatic N) is 1. The first-order valence-electron chi connectivity index (χ1n) is 5.19. The molecule has 0 atom stereocenters. The number of anilines is 1. The fraction of sp³-hybridized carbons (Fsp3) is 0.167. The van der Waals surface area contributed by atoms with Crippen molar-refractivity contribution in [2.24, 2.45) is 0 Å². The first-order chi connectivity index (χ1) is 8.24. The van der Waals surface area contributed by atoms with Crippen molar-refractivity contribution in [1.29, 1.82) is 0 Å². The van der Waals surface area contributed by atoms with E-state index in [9.17, 15) is 4.79 Å². The molecule has 0 aliphatic heterocycles. The van der Waals surface area contributed by atoms with E-state index in [1.54, 1.807) is 31.3 Å². The molecule has 0 unspecified atom stereocenters. The summed E-state index contributed by atoms with van der Waals surface area (Å²) in [5.41, 5.74) is 7.55. The number of nitrogens with two attached hydrogens (primary N) is 1. The lowest BCUT2D eigenvalue weighted by molar-refractivity contribution is 0.0527. The molecule has 1 heterocycles. The van der Waals surface area contributed by atoms with E-state index in [1.807, 2.05) is 5.38 Å². The van der Waals surface area contributed by atoms with Gasteiger partial charge in [-0.15, -0.1) is 11.3 Å². The van der Waals surface area contributed by atoms with Crippen LogP contribution in [0.15, 0.2) is 29.8 Å². The third kappa shape index (κ3) is 2.29. The predicted octanol–water partition coefficient (Wildman–Crippen LogP) is 2.57. The highest BCUT2D eigenvalue weighted by atomic mass is 32.1. The Kier molecular flexibility index (Phi) is 3.39. The third-order valence-electron chi connectivity index (χ3n) is 2.24. The molecular weight excluding hydrogens is 236 g/mol. The van der Waals surface area contributed by atoms with E-state index in [0.717, 1.165) is 5.01 Å². The Morgan fingerprint density at radius 1 is 1.53 bits per heavy atom. The van der Waals surface area contributed by atoms with Crippen LogP contribution in [0.3, 0.4) is 0 Å². The number of carbonyl (C=O) groups is 1. The van der Waals surface area contributed by atoms with Gasteiger partial charge in [-0.25, -0.2) is 9.78 Å². The van der Waals surface area contributed by atoms with E-state index in [1.165, 1.54) is 11.3 Å². The zero-order valence-corrected chi connectivity index (χ0v) is 10.2. The van der Waals surface area contributed by atoms with Gasteiger partial charge < -0.3 is 10.5 Å². The monoisotopic (exact) mass is 248 g/mol. The summed E-state index contributed by atoms with van der Waals surface area (Å²) in [6.45, 7) is 2.11. The predicted molar refractivity (Wildman–Crippen MR) is 67.9 cm³/mol. The van der Waals surface area contributed by atoms with Crippen LogP contribution in [0, 0.1) is 0 Å². The van der Waals surface area contributed by atoms with E-state index < -0.39 is 0 Å². The molecule has 0 fully saturated rings. The number of nitrogen functional groups attached to an aromatic ring is 1. The molecule has 0 amide bonds. The molecule has 88 valence electrons. The molecule has 0 radical (unpaired) electrons. The van der Waals surface area contributed by atoms with Gasteiger partial charge >= 0.3 is 5.97 Å². The van der Waals surface area contributed by atoms with Crippen LogP contribution >= 0.6 is 11.3 Å². The molecule has 2 rings (SSSR count). The van der Waals surface area contributed by atoms with Crippen LogP contribution in [0.1, 0.15) is 17.3 Å². The molecule has 17 heavy (non-hydrogen) atoms. The van der Waals surface area contributed by atoms with E-state index in [4.69, 9.17) is 10.5 Å². The van der Waals surface area contributed by atoms with Crippen LogP contribution in [-0.2, 0) is 4.74 Å². The minimum atomic E-state index is -0.370. The summed E-state index contributed by atoms with van der Waals surface area (Å²) in [5, 5.41) is 2.57. The van der Waals surface area contributed by atoms with Gasteiger partial charge in [-0.1, -0.05) is 6.07 Å². The summed E-state index contributed by atoms with van der Waals surface area (Å²) in [6.07, 6.45) is 1.68. The summed E-state index contributed by atoms with van der Waals surface area (Å²) in [4.78, 5) is 16.0. The average Bonchev–Trinajstić information content (AvgIpc) is 2.82. The van der Waals surface area contributed by atoms with Crippen molar-refractivity contribution in [3.63, 3.8) is 0 Å². The highest BCUT2D eigenvalue weighted by Crippen LogP contribution is 2.31. The van der Waals surface area contributed by atoms with Gasteiger partial charge in [0.15, 0.2) is 0 Å². The van der Waals surface area contributed by atoms with Crippen LogP contribution in [0.25, 0.3) is 10.6 Å². The second kappa shape index (κ2) is 4.97. The Balaban J connectivity index is 2.53. The molecule has 0 aliphatic rings. The van der Waals surface area contributed by atoms with E-state index in [0.29, 0.717) is 23.4 Å².